The fraction of sp³-hybridized carbons (Fsp3) is 0.125. The first kappa shape index (κ1) is 8.25. The largest absolute Gasteiger partial charge is 0.354 e. The molecule has 0 unspecified atom stereocenters. The quantitative estimate of drug-likeness (QED) is 0.735. The van der Waals surface area contributed by atoms with Gasteiger partial charge in [0.25, 0.3) is 0 Å². The number of nitrogens with zero attached hydrogens (tertiary/aromatic N) is 3. The first-order valence-electron chi connectivity index (χ1n) is 3.73. The summed E-state index contributed by atoms with van der Waals surface area (Å²) in [6, 6.07) is 3.58. The second-order valence-corrected chi connectivity index (χ2v) is 2.75. The van der Waals surface area contributed by atoms with Crippen molar-refractivity contribution < 1.29 is 4.52 Å². The first-order chi connectivity index (χ1) is 6.40. The Morgan fingerprint density at radius 2 is 2.38 bits per heavy atom. The highest BCUT2D eigenvalue weighted by molar-refractivity contribution is 7.79. The summed E-state index contributed by atoms with van der Waals surface area (Å²) >= 11 is 4.08. The zero-order chi connectivity index (χ0) is 9.10. The molecule has 0 N–H and O–H groups in total. The third-order valence-electron chi connectivity index (χ3n) is 1.56. The third-order valence-corrected chi connectivity index (χ3v) is 1.88. The van der Waals surface area contributed by atoms with Crippen LogP contribution in [0.4, 0.5) is 0 Å². The zero-order valence-corrected chi connectivity index (χ0v) is 7.61. The highest BCUT2D eigenvalue weighted by atomic mass is 32.1. The van der Waals surface area contributed by atoms with E-state index in [1.807, 2.05) is 6.07 Å². The number of thiol groups is 1. The molecule has 2 heterocycles. The van der Waals surface area contributed by atoms with Crippen molar-refractivity contribution >= 4 is 12.6 Å². The molecule has 0 saturated carbocycles. The third kappa shape index (κ3) is 1.70. The molecule has 2 aromatic heterocycles. The molecule has 13 heavy (non-hydrogen) atoms. The van der Waals surface area contributed by atoms with Gasteiger partial charge in [-0.15, -0.1) is 0 Å². The molecular formula is C8H7N3OS. The Morgan fingerprint density at radius 1 is 1.46 bits per heavy atom. The van der Waals surface area contributed by atoms with Crippen molar-refractivity contribution in [3.63, 3.8) is 0 Å². The normalized spacial score (nSPS) is 10.2. The van der Waals surface area contributed by atoms with Gasteiger partial charge in [-0.2, -0.15) is 12.6 Å². The maximum atomic E-state index is 5.05. The molecule has 0 aliphatic rings. The molecule has 66 valence electrons. The molecular weight excluding hydrogens is 186 g/mol. The van der Waals surface area contributed by atoms with E-state index in [1.165, 1.54) is 6.33 Å². The van der Waals surface area contributed by atoms with Crippen LogP contribution >= 0.6 is 12.6 Å². The standard InChI is InChI=1S/C8H7N3OS/c13-4-6-3-8(12-11-6)7-1-2-9-5-10-7/h1-3,5,13H,4H2. The fourth-order valence-electron chi connectivity index (χ4n) is 0.943. The minimum Gasteiger partial charge on any atom is -0.354 e. The van der Waals surface area contributed by atoms with Crippen molar-refractivity contribution in [2.75, 3.05) is 0 Å². The average Bonchev–Trinajstić information content (AvgIpc) is 2.67. The number of aromatic nitrogens is 3. The monoisotopic (exact) mass is 193 g/mol. The minimum atomic E-state index is 0.564. The Bertz CT molecular complexity index is 387. The summed E-state index contributed by atoms with van der Waals surface area (Å²) < 4.78 is 5.05. The lowest BCUT2D eigenvalue weighted by Crippen LogP contribution is -1.80. The highest BCUT2D eigenvalue weighted by Gasteiger charge is 2.05. The maximum Gasteiger partial charge on any atom is 0.185 e. The lowest BCUT2D eigenvalue weighted by atomic mass is 10.3. The minimum absolute atomic E-state index is 0.564. The summed E-state index contributed by atoms with van der Waals surface area (Å²) in [5, 5.41) is 3.80. The van der Waals surface area contributed by atoms with Crippen LogP contribution in [-0.2, 0) is 5.75 Å². The Balaban J connectivity index is 2.36. The molecule has 2 aromatic rings. The van der Waals surface area contributed by atoms with Gasteiger partial charge >= 0.3 is 0 Å². The Kier molecular flexibility index (Phi) is 2.27. The van der Waals surface area contributed by atoms with Crippen molar-refractivity contribution in [1.29, 1.82) is 0 Å². The van der Waals surface area contributed by atoms with Crippen LogP contribution in [0.5, 0.6) is 0 Å². The molecule has 0 radical (unpaired) electrons. The van der Waals surface area contributed by atoms with Crippen molar-refractivity contribution in [2.24, 2.45) is 0 Å². The number of hydrogen-bond donors (Lipinski definition) is 1. The van der Waals surface area contributed by atoms with Gasteiger partial charge in [-0.25, -0.2) is 9.97 Å². The van der Waals surface area contributed by atoms with E-state index in [2.05, 4.69) is 27.8 Å². The lowest BCUT2D eigenvalue weighted by Gasteiger charge is -1.89. The Hall–Kier alpha value is -1.36. The van der Waals surface area contributed by atoms with Gasteiger partial charge in [0.1, 0.15) is 12.0 Å². The molecule has 0 amide bonds. The van der Waals surface area contributed by atoms with E-state index in [9.17, 15) is 0 Å². The van der Waals surface area contributed by atoms with Crippen molar-refractivity contribution in [2.45, 2.75) is 5.75 Å². The number of rotatable bonds is 2. The van der Waals surface area contributed by atoms with Gasteiger partial charge in [0, 0.05) is 18.0 Å². The van der Waals surface area contributed by atoms with Crippen molar-refractivity contribution in [3.05, 3.63) is 30.4 Å². The van der Waals surface area contributed by atoms with Crippen molar-refractivity contribution in [1.82, 2.24) is 15.1 Å². The van der Waals surface area contributed by atoms with E-state index < -0.39 is 0 Å². The van der Waals surface area contributed by atoms with E-state index in [4.69, 9.17) is 4.52 Å². The smallest absolute Gasteiger partial charge is 0.185 e. The van der Waals surface area contributed by atoms with Crippen LogP contribution in [0, 0.1) is 0 Å². The average molecular weight is 193 g/mol. The summed E-state index contributed by atoms with van der Waals surface area (Å²) in [4.78, 5) is 7.84. The summed E-state index contributed by atoms with van der Waals surface area (Å²) in [7, 11) is 0. The van der Waals surface area contributed by atoms with Gasteiger partial charge < -0.3 is 4.52 Å². The van der Waals surface area contributed by atoms with Crippen LogP contribution in [0.1, 0.15) is 5.69 Å². The summed E-state index contributed by atoms with van der Waals surface area (Å²) in [5.74, 6) is 1.21. The predicted molar refractivity (Wildman–Crippen MR) is 50.2 cm³/mol. The van der Waals surface area contributed by atoms with Crippen LogP contribution in [0.3, 0.4) is 0 Å². The summed E-state index contributed by atoms with van der Waals surface area (Å²) in [5.41, 5.74) is 1.53. The van der Waals surface area contributed by atoms with E-state index in [0.717, 1.165) is 11.4 Å². The molecule has 2 rings (SSSR count). The molecule has 0 spiro atoms. The molecule has 5 heteroatoms. The molecule has 0 bridgehead atoms. The van der Waals surface area contributed by atoms with Gasteiger partial charge in [-0.05, 0) is 6.07 Å². The lowest BCUT2D eigenvalue weighted by molar-refractivity contribution is 0.425. The van der Waals surface area contributed by atoms with E-state index in [1.54, 1.807) is 12.3 Å². The van der Waals surface area contributed by atoms with Crippen molar-refractivity contribution in [3.8, 4) is 11.5 Å². The van der Waals surface area contributed by atoms with Gasteiger partial charge in [0.05, 0.1) is 5.69 Å². The van der Waals surface area contributed by atoms with Gasteiger partial charge in [-0.3, -0.25) is 0 Å². The van der Waals surface area contributed by atoms with E-state index in [0.29, 0.717) is 11.5 Å². The summed E-state index contributed by atoms with van der Waals surface area (Å²) in [6.07, 6.45) is 3.13. The van der Waals surface area contributed by atoms with E-state index in [-0.39, 0.29) is 0 Å². The van der Waals surface area contributed by atoms with Crippen LogP contribution in [-0.4, -0.2) is 15.1 Å². The van der Waals surface area contributed by atoms with Gasteiger partial charge in [0.15, 0.2) is 5.76 Å². The molecule has 4 nitrogen and oxygen atoms in total. The zero-order valence-electron chi connectivity index (χ0n) is 6.71. The molecule has 0 fully saturated rings. The number of hydrogen-bond acceptors (Lipinski definition) is 5. The van der Waals surface area contributed by atoms with Crippen LogP contribution < -0.4 is 0 Å². The highest BCUT2D eigenvalue weighted by Crippen LogP contribution is 2.17. The maximum absolute atomic E-state index is 5.05. The van der Waals surface area contributed by atoms with Crippen LogP contribution in [0.25, 0.3) is 11.5 Å². The molecule has 0 aliphatic heterocycles. The first-order valence-corrected chi connectivity index (χ1v) is 4.36. The molecule has 0 aliphatic carbocycles. The SMILES string of the molecule is SCc1cc(-c2ccncn2)on1. The van der Waals surface area contributed by atoms with E-state index >= 15 is 0 Å². The topological polar surface area (TPSA) is 51.8 Å². The van der Waals surface area contributed by atoms with Crippen LogP contribution in [0.2, 0.25) is 0 Å². The Morgan fingerprint density at radius 3 is 3.00 bits per heavy atom. The second-order valence-electron chi connectivity index (χ2n) is 2.44. The van der Waals surface area contributed by atoms with Gasteiger partial charge in [-0.1, -0.05) is 5.16 Å². The fourth-order valence-corrected chi connectivity index (χ4v) is 1.09. The predicted octanol–water partition coefficient (Wildman–Crippen LogP) is 1.56. The molecule has 0 atom stereocenters. The molecule has 0 aromatic carbocycles. The van der Waals surface area contributed by atoms with Crippen LogP contribution in [0.15, 0.2) is 29.2 Å². The Labute approximate surface area is 80.4 Å². The molecule has 0 saturated heterocycles. The summed E-state index contributed by atoms with van der Waals surface area (Å²) in [6.45, 7) is 0. The second kappa shape index (κ2) is 3.57. The van der Waals surface area contributed by atoms with Gasteiger partial charge in [0.2, 0.25) is 0 Å².